The minimum absolute atomic E-state index is 0.0456. The number of rotatable bonds is 7. The molecule has 0 unspecified atom stereocenters. The highest BCUT2D eigenvalue weighted by Crippen LogP contribution is 2.34. The van der Waals surface area contributed by atoms with Crippen molar-refractivity contribution in [2.24, 2.45) is 0 Å². The Morgan fingerprint density at radius 3 is 2.46 bits per heavy atom. The second-order valence-corrected chi connectivity index (χ2v) is 6.60. The summed E-state index contributed by atoms with van der Waals surface area (Å²) in [6.45, 7) is 0.196. The van der Waals surface area contributed by atoms with Gasteiger partial charge in [-0.3, -0.25) is 0 Å². The second kappa shape index (κ2) is 8.05. The van der Waals surface area contributed by atoms with Crippen molar-refractivity contribution in [3.63, 3.8) is 0 Å². The van der Waals surface area contributed by atoms with Gasteiger partial charge in [-0.1, -0.05) is 29.3 Å². The standard InChI is InChI=1S/C18H17Cl2N3O3/c1-25-10-18(24,9-23-12-21-11-22-23)16-7-6-15(8-17(16)20)26-14-4-2-13(19)3-5-14/h2-8,11-12,24H,9-10H2,1H3/t18-/m1/s1. The molecule has 0 aliphatic rings. The number of nitrogens with zero attached hydrogens (tertiary/aromatic N) is 3. The van der Waals surface area contributed by atoms with Crippen LogP contribution in [0, 0.1) is 0 Å². The highest BCUT2D eigenvalue weighted by molar-refractivity contribution is 6.31. The van der Waals surface area contributed by atoms with Gasteiger partial charge in [0.05, 0.1) is 18.2 Å². The van der Waals surface area contributed by atoms with Crippen LogP contribution in [0.1, 0.15) is 5.56 Å². The summed E-state index contributed by atoms with van der Waals surface area (Å²) in [4.78, 5) is 3.89. The van der Waals surface area contributed by atoms with E-state index in [1.807, 2.05) is 0 Å². The molecule has 0 spiro atoms. The van der Waals surface area contributed by atoms with Gasteiger partial charge in [0.1, 0.15) is 29.8 Å². The van der Waals surface area contributed by atoms with Crippen molar-refractivity contribution in [2.45, 2.75) is 12.1 Å². The van der Waals surface area contributed by atoms with Crippen LogP contribution in [0.4, 0.5) is 0 Å². The average Bonchev–Trinajstić information content (AvgIpc) is 3.10. The molecular formula is C18H17Cl2N3O3. The molecule has 0 saturated heterocycles. The summed E-state index contributed by atoms with van der Waals surface area (Å²) >= 11 is 12.3. The van der Waals surface area contributed by atoms with Crippen LogP contribution in [0.2, 0.25) is 10.0 Å². The van der Waals surface area contributed by atoms with Gasteiger partial charge in [0, 0.05) is 17.7 Å². The second-order valence-electron chi connectivity index (χ2n) is 5.76. The lowest BCUT2D eigenvalue weighted by Gasteiger charge is -2.28. The van der Waals surface area contributed by atoms with Crippen molar-refractivity contribution in [2.75, 3.05) is 13.7 Å². The van der Waals surface area contributed by atoms with Crippen molar-refractivity contribution in [1.82, 2.24) is 14.8 Å². The van der Waals surface area contributed by atoms with Crippen molar-refractivity contribution < 1.29 is 14.6 Å². The molecule has 0 fully saturated rings. The zero-order valence-corrected chi connectivity index (χ0v) is 15.5. The first-order chi connectivity index (χ1) is 12.5. The molecule has 2 aromatic carbocycles. The van der Waals surface area contributed by atoms with Crippen LogP contribution in [0.15, 0.2) is 55.1 Å². The Morgan fingerprint density at radius 2 is 1.85 bits per heavy atom. The lowest BCUT2D eigenvalue weighted by atomic mass is 9.94. The van der Waals surface area contributed by atoms with Gasteiger partial charge in [-0.25, -0.2) is 9.67 Å². The van der Waals surface area contributed by atoms with E-state index in [0.717, 1.165) is 0 Å². The molecule has 8 heteroatoms. The van der Waals surface area contributed by atoms with E-state index in [1.165, 1.54) is 24.4 Å². The first kappa shape index (κ1) is 18.7. The highest BCUT2D eigenvalue weighted by atomic mass is 35.5. The lowest BCUT2D eigenvalue weighted by molar-refractivity contribution is -0.0505. The Kier molecular flexibility index (Phi) is 5.78. The molecule has 0 radical (unpaired) electrons. The number of aliphatic hydroxyl groups is 1. The van der Waals surface area contributed by atoms with Crippen LogP contribution >= 0.6 is 23.2 Å². The summed E-state index contributed by atoms with van der Waals surface area (Å²) in [6.07, 6.45) is 2.92. The van der Waals surface area contributed by atoms with Crippen LogP contribution in [0.5, 0.6) is 11.5 Å². The monoisotopic (exact) mass is 393 g/mol. The van der Waals surface area contributed by atoms with E-state index in [4.69, 9.17) is 32.7 Å². The molecular weight excluding hydrogens is 377 g/mol. The molecule has 0 aliphatic carbocycles. The molecule has 1 N–H and O–H groups in total. The quantitative estimate of drug-likeness (QED) is 0.658. The fourth-order valence-corrected chi connectivity index (χ4v) is 3.08. The fraction of sp³-hybridized carbons (Fsp3) is 0.222. The SMILES string of the molecule is COC[C@](O)(Cn1cncn1)c1ccc(Oc2ccc(Cl)cc2)cc1Cl. The summed E-state index contributed by atoms with van der Waals surface area (Å²) < 4.78 is 12.5. The summed E-state index contributed by atoms with van der Waals surface area (Å²) in [5, 5.41) is 16.1. The van der Waals surface area contributed by atoms with E-state index in [0.29, 0.717) is 27.1 Å². The zero-order chi connectivity index (χ0) is 18.6. The molecule has 6 nitrogen and oxygen atoms in total. The van der Waals surface area contributed by atoms with Crippen LogP contribution in [-0.2, 0) is 16.9 Å². The first-order valence-corrected chi connectivity index (χ1v) is 8.53. The van der Waals surface area contributed by atoms with Gasteiger partial charge >= 0.3 is 0 Å². The molecule has 1 heterocycles. The third-order valence-electron chi connectivity index (χ3n) is 3.76. The van der Waals surface area contributed by atoms with Crippen LogP contribution in [-0.4, -0.2) is 33.6 Å². The predicted octanol–water partition coefficient (Wildman–Crippen LogP) is 3.91. The van der Waals surface area contributed by atoms with Gasteiger partial charge in [-0.05, 0) is 36.4 Å². The predicted molar refractivity (Wildman–Crippen MR) is 98.8 cm³/mol. The molecule has 0 aliphatic heterocycles. The summed E-state index contributed by atoms with van der Waals surface area (Å²) in [5.74, 6) is 1.18. The maximum atomic E-state index is 11.1. The minimum atomic E-state index is -1.36. The third-order valence-corrected chi connectivity index (χ3v) is 4.33. The van der Waals surface area contributed by atoms with Gasteiger partial charge in [-0.15, -0.1) is 0 Å². The van der Waals surface area contributed by atoms with Gasteiger partial charge in [0.2, 0.25) is 0 Å². The van der Waals surface area contributed by atoms with E-state index in [2.05, 4.69) is 10.1 Å². The fourth-order valence-electron chi connectivity index (χ4n) is 2.61. The molecule has 0 amide bonds. The van der Waals surface area contributed by atoms with E-state index in [-0.39, 0.29) is 13.2 Å². The van der Waals surface area contributed by atoms with Crippen molar-refractivity contribution >= 4 is 23.2 Å². The summed E-state index contributed by atoms with van der Waals surface area (Å²) in [6, 6.07) is 12.1. The van der Waals surface area contributed by atoms with E-state index in [1.54, 1.807) is 42.5 Å². The van der Waals surface area contributed by atoms with Crippen LogP contribution in [0.3, 0.4) is 0 Å². The Bertz CT molecular complexity index is 857. The normalized spacial score (nSPS) is 13.4. The maximum absolute atomic E-state index is 11.1. The molecule has 0 bridgehead atoms. The van der Waals surface area contributed by atoms with E-state index in [9.17, 15) is 5.11 Å². The van der Waals surface area contributed by atoms with Crippen LogP contribution < -0.4 is 4.74 Å². The number of benzene rings is 2. The van der Waals surface area contributed by atoms with Crippen molar-refractivity contribution in [3.05, 3.63) is 70.7 Å². The molecule has 1 atom stereocenters. The maximum Gasteiger partial charge on any atom is 0.137 e. The Hall–Kier alpha value is -2.12. The van der Waals surface area contributed by atoms with Gasteiger partial charge in [0.15, 0.2) is 0 Å². The lowest BCUT2D eigenvalue weighted by Crippen LogP contribution is -2.36. The van der Waals surface area contributed by atoms with E-state index < -0.39 is 5.60 Å². The smallest absolute Gasteiger partial charge is 0.137 e. The number of ether oxygens (including phenoxy) is 2. The minimum Gasteiger partial charge on any atom is -0.457 e. The number of aromatic nitrogens is 3. The topological polar surface area (TPSA) is 69.4 Å². The average molecular weight is 394 g/mol. The third kappa shape index (κ3) is 4.34. The Morgan fingerprint density at radius 1 is 1.12 bits per heavy atom. The van der Waals surface area contributed by atoms with Crippen LogP contribution in [0.25, 0.3) is 0 Å². The Balaban J connectivity index is 1.85. The van der Waals surface area contributed by atoms with Gasteiger partial charge in [-0.2, -0.15) is 5.10 Å². The molecule has 0 saturated carbocycles. The molecule has 26 heavy (non-hydrogen) atoms. The Labute approximate surface area is 160 Å². The number of halogens is 2. The van der Waals surface area contributed by atoms with Crippen molar-refractivity contribution in [1.29, 1.82) is 0 Å². The first-order valence-electron chi connectivity index (χ1n) is 7.77. The molecule has 136 valence electrons. The molecule has 3 rings (SSSR count). The van der Waals surface area contributed by atoms with Crippen molar-refractivity contribution in [3.8, 4) is 11.5 Å². The number of hydrogen-bond acceptors (Lipinski definition) is 5. The van der Waals surface area contributed by atoms with E-state index >= 15 is 0 Å². The zero-order valence-electron chi connectivity index (χ0n) is 14.0. The number of methoxy groups -OCH3 is 1. The molecule has 3 aromatic rings. The number of hydrogen-bond donors (Lipinski definition) is 1. The highest BCUT2D eigenvalue weighted by Gasteiger charge is 2.33. The molecule has 1 aromatic heterocycles. The van der Waals surface area contributed by atoms with Gasteiger partial charge in [0.25, 0.3) is 0 Å². The summed E-state index contributed by atoms with van der Waals surface area (Å²) in [5.41, 5.74) is -0.849. The summed E-state index contributed by atoms with van der Waals surface area (Å²) in [7, 11) is 1.51. The van der Waals surface area contributed by atoms with Gasteiger partial charge < -0.3 is 14.6 Å². The largest absolute Gasteiger partial charge is 0.457 e.